The molecule has 0 spiro atoms. The highest BCUT2D eigenvalue weighted by atomic mass is 16.5. The van der Waals surface area contributed by atoms with Crippen molar-refractivity contribution in [3.8, 4) is 11.5 Å². The summed E-state index contributed by atoms with van der Waals surface area (Å²) in [5.74, 6) is -1.04. The van der Waals surface area contributed by atoms with E-state index in [1.807, 2.05) is 0 Å². The van der Waals surface area contributed by atoms with E-state index < -0.39 is 24.0 Å². The molecule has 0 bridgehead atoms. The number of ketones is 2. The molecule has 0 amide bonds. The highest BCUT2D eigenvalue weighted by Crippen LogP contribution is 2.16. The maximum Gasteiger partial charge on any atom is 0.328 e. The van der Waals surface area contributed by atoms with Gasteiger partial charge in [0.1, 0.15) is 23.6 Å². The van der Waals surface area contributed by atoms with Crippen molar-refractivity contribution in [1.29, 1.82) is 0 Å². The Morgan fingerprint density at radius 1 is 0.610 bits per heavy atom. The van der Waals surface area contributed by atoms with Gasteiger partial charge in [-0.3, -0.25) is 9.59 Å². The van der Waals surface area contributed by atoms with Crippen molar-refractivity contribution in [1.82, 2.24) is 0 Å². The van der Waals surface area contributed by atoms with Gasteiger partial charge in [0.2, 0.25) is 0 Å². The van der Waals surface area contributed by atoms with Crippen LogP contribution in [0.15, 0.2) is 60.7 Å². The van der Waals surface area contributed by atoms with Crippen molar-refractivity contribution in [2.24, 2.45) is 22.9 Å². The van der Waals surface area contributed by atoms with E-state index in [2.05, 4.69) is 0 Å². The summed E-state index contributed by atoms with van der Waals surface area (Å²) in [5.41, 5.74) is 24.0. The van der Waals surface area contributed by atoms with E-state index in [0.29, 0.717) is 48.6 Å². The van der Waals surface area contributed by atoms with Crippen LogP contribution in [0.3, 0.4) is 0 Å². The Balaban J connectivity index is 1.78. The predicted octanol–water partition coefficient (Wildman–Crippen LogP) is 2.66. The second-order valence-electron chi connectivity index (χ2n) is 9.54. The Morgan fingerprint density at radius 2 is 0.976 bits per heavy atom. The van der Waals surface area contributed by atoms with Crippen molar-refractivity contribution in [2.45, 2.75) is 57.0 Å². The van der Waals surface area contributed by atoms with Crippen LogP contribution in [0.1, 0.15) is 56.1 Å². The average molecular weight is 565 g/mol. The number of esters is 2. The van der Waals surface area contributed by atoms with Crippen molar-refractivity contribution < 1.29 is 28.7 Å². The predicted molar refractivity (Wildman–Crippen MR) is 159 cm³/mol. The van der Waals surface area contributed by atoms with Crippen molar-refractivity contribution in [2.75, 3.05) is 13.1 Å². The Labute approximate surface area is 240 Å². The van der Waals surface area contributed by atoms with Crippen LogP contribution in [0.25, 0.3) is 12.2 Å². The largest absolute Gasteiger partial charge is 0.425 e. The van der Waals surface area contributed by atoms with Crippen LogP contribution in [0, 0.1) is 0 Å². The second kappa shape index (κ2) is 18.4. The van der Waals surface area contributed by atoms with E-state index in [1.165, 1.54) is 12.2 Å². The molecule has 8 N–H and O–H groups in total. The zero-order chi connectivity index (χ0) is 30.0. The lowest BCUT2D eigenvalue weighted by molar-refractivity contribution is -0.136. The van der Waals surface area contributed by atoms with Gasteiger partial charge in [0.25, 0.3) is 0 Å². The smallest absolute Gasteiger partial charge is 0.328 e. The summed E-state index contributed by atoms with van der Waals surface area (Å²) < 4.78 is 10.6. The highest BCUT2D eigenvalue weighted by molar-refractivity contribution is 6.10. The van der Waals surface area contributed by atoms with Crippen molar-refractivity contribution in [3.05, 3.63) is 71.8 Å². The molecule has 0 radical (unpaired) electrons. The van der Waals surface area contributed by atoms with Gasteiger partial charge in [0.05, 0.1) is 6.42 Å². The standard InChI is InChI=1S/C31H40N4O6/c32-19-3-1-5-28(34)30(38)40-26-15-9-22(10-16-26)7-13-24(36)21-25(37)14-8-23-11-17-27(18-12-23)41-31(39)29(35)6-2-4-20-33/h7-18,28-29H,1-6,19-21,32-35H2/t28-,29-/m0/s1. The lowest BCUT2D eigenvalue weighted by Gasteiger charge is -2.11. The minimum absolute atomic E-state index is 0.289. The third kappa shape index (κ3) is 13.3. The highest BCUT2D eigenvalue weighted by Gasteiger charge is 2.16. The number of unbranched alkanes of at least 4 members (excludes halogenated alkanes) is 2. The van der Waals surface area contributed by atoms with E-state index in [1.54, 1.807) is 60.7 Å². The lowest BCUT2D eigenvalue weighted by Crippen LogP contribution is -2.34. The van der Waals surface area contributed by atoms with E-state index >= 15 is 0 Å². The van der Waals surface area contributed by atoms with Crippen LogP contribution in [-0.2, 0) is 19.2 Å². The third-order valence-electron chi connectivity index (χ3n) is 6.01. The Kier molecular flexibility index (Phi) is 14.9. The number of hydrogen-bond acceptors (Lipinski definition) is 10. The number of carbonyl (C=O) groups is 4. The molecule has 2 atom stereocenters. The quantitative estimate of drug-likeness (QED) is 0.0688. The molecule has 0 aliphatic rings. The van der Waals surface area contributed by atoms with Crippen molar-refractivity contribution >= 4 is 35.7 Å². The summed E-state index contributed by atoms with van der Waals surface area (Å²) in [6, 6.07) is 11.7. The molecule has 0 aliphatic carbocycles. The summed E-state index contributed by atoms with van der Waals surface area (Å²) in [5, 5.41) is 0. The van der Waals surface area contributed by atoms with Crippen LogP contribution in [0.4, 0.5) is 0 Å². The molecular formula is C31H40N4O6. The number of allylic oxidation sites excluding steroid dienone is 2. The number of ether oxygens (including phenoxy) is 2. The minimum Gasteiger partial charge on any atom is -0.425 e. The van der Waals surface area contributed by atoms with Gasteiger partial charge >= 0.3 is 11.9 Å². The van der Waals surface area contributed by atoms with Gasteiger partial charge in [-0.1, -0.05) is 49.3 Å². The van der Waals surface area contributed by atoms with E-state index in [-0.39, 0.29) is 18.0 Å². The molecule has 220 valence electrons. The van der Waals surface area contributed by atoms with Gasteiger partial charge in [-0.05, 0) is 86.3 Å². The minimum atomic E-state index is -0.712. The molecule has 10 heteroatoms. The normalized spacial score (nSPS) is 12.8. The zero-order valence-corrected chi connectivity index (χ0v) is 23.2. The van der Waals surface area contributed by atoms with Gasteiger partial charge < -0.3 is 32.4 Å². The first kappa shape index (κ1) is 33.2. The van der Waals surface area contributed by atoms with Gasteiger partial charge in [0.15, 0.2) is 11.6 Å². The molecule has 41 heavy (non-hydrogen) atoms. The molecule has 2 aromatic rings. The number of nitrogens with two attached hydrogens (primary N) is 4. The molecule has 0 saturated heterocycles. The number of hydrogen-bond donors (Lipinski definition) is 4. The molecule has 0 saturated carbocycles. The first-order chi connectivity index (χ1) is 19.7. The summed E-state index contributed by atoms with van der Waals surface area (Å²) in [4.78, 5) is 48.6. The molecule has 2 rings (SSSR count). The van der Waals surface area contributed by atoms with Crippen LogP contribution in [-0.4, -0.2) is 48.7 Å². The van der Waals surface area contributed by atoms with E-state index in [0.717, 1.165) is 25.7 Å². The van der Waals surface area contributed by atoms with Crippen molar-refractivity contribution in [3.63, 3.8) is 0 Å². The van der Waals surface area contributed by atoms with Gasteiger partial charge in [-0.25, -0.2) is 9.59 Å². The van der Waals surface area contributed by atoms with Crippen LogP contribution >= 0.6 is 0 Å². The number of benzene rings is 2. The zero-order valence-electron chi connectivity index (χ0n) is 23.2. The molecule has 0 fully saturated rings. The SMILES string of the molecule is NCCCC[C@H](N)C(=O)Oc1ccc(C=CC(=O)CC(=O)C=Cc2ccc(OC(=O)[C@@H](N)CCCCN)cc2)cc1. The summed E-state index contributed by atoms with van der Waals surface area (Å²) >= 11 is 0. The fourth-order valence-electron chi connectivity index (χ4n) is 3.60. The first-order valence-electron chi connectivity index (χ1n) is 13.7. The summed E-state index contributed by atoms with van der Waals surface area (Å²) in [7, 11) is 0. The molecule has 2 aromatic carbocycles. The van der Waals surface area contributed by atoms with Gasteiger partial charge in [0, 0.05) is 0 Å². The number of carbonyl (C=O) groups excluding carboxylic acids is 4. The monoisotopic (exact) mass is 564 g/mol. The van der Waals surface area contributed by atoms with Crippen LogP contribution in [0.5, 0.6) is 11.5 Å². The lowest BCUT2D eigenvalue weighted by atomic mass is 10.1. The second-order valence-corrected chi connectivity index (χ2v) is 9.54. The Morgan fingerprint density at radius 3 is 1.32 bits per heavy atom. The average Bonchev–Trinajstić information content (AvgIpc) is 2.96. The molecule has 0 aliphatic heterocycles. The topological polar surface area (TPSA) is 191 Å². The summed E-state index contributed by atoms with van der Waals surface area (Å²) in [6.07, 6.45) is 9.61. The Bertz CT molecular complexity index is 1100. The van der Waals surface area contributed by atoms with E-state index in [9.17, 15) is 19.2 Å². The van der Waals surface area contributed by atoms with Gasteiger partial charge in [-0.15, -0.1) is 0 Å². The summed E-state index contributed by atoms with van der Waals surface area (Å²) in [6.45, 7) is 1.10. The molecular weight excluding hydrogens is 524 g/mol. The first-order valence-corrected chi connectivity index (χ1v) is 13.7. The van der Waals surface area contributed by atoms with Crippen LogP contribution < -0.4 is 32.4 Å². The maximum atomic E-state index is 12.2. The molecule has 0 aromatic heterocycles. The molecule has 0 unspecified atom stereocenters. The Hall–Kier alpha value is -3.96. The fraction of sp³-hybridized carbons (Fsp3) is 0.355. The van der Waals surface area contributed by atoms with Crippen LogP contribution in [0.2, 0.25) is 0 Å². The third-order valence-corrected chi connectivity index (χ3v) is 6.01. The van der Waals surface area contributed by atoms with Gasteiger partial charge in [-0.2, -0.15) is 0 Å². The fourth-order valence-corrected chi connectivity index (χ4v) is 3.60. The maximum absolute atomic E-state index is 12.2. The van der Waals surface area contributed by atoms with E-state index in [4.69, 9.17) is 32.4 Å². The molecule has 10 nitrogen and oxygen atoms in total. The molecule has 0 heterocycles. The number of rotatable bonds is 18.